The Hall–Kier alpha value is -3.19. The van der Waals surface area contributed by atoms with Crippen molar-refractivity contribution in [3.63, 3.8) is 0 Å². The number of aliphatic hydroxyl groups is 1. The van der Waals surface area contributed by atoms with Crippen LogP contribution in [-0.4, -0.2) is 16.8 Å². The van der Waals surface area contributed by atoms with E-state index in [9.17, 15) is 19.1 Å². The molecule has 3 aromatic rings. The second-order valence-corrected chi connectivity index (χ2v) is 7.48. The van der Waals surface area contributed by atoms with Crippen molar-refractivity contribution in [1.29, 1.82) is 0 Å². The Morgan fingerprint density at radius 3 is 2.48 bits per heavy atom. The highest BCUT2D eigenvalue weighted by molar-refractivity contribution is 9.10. The number of halogens is 2. The second kappa shape index (κ2) is 7.33. The molecular formula is C22H15BrFNO4. The van der Waals surface area contributed by atoms with Gasteiger partial charge in [0.2, 0.25) is 0 Å². The molecule has 146 valence electrons. The van der Waals surface area contributed by atoms with Gasteiger partial charge in [-0.2, -0.15) is 0 Å². The minimum absolute atomic E-state index is 0.0870. The Labute approximate surface area is 174 Å². The van der Waals surface area contributed by atoms with Crippen molar-refractivity contribution in [3.8, 4) is 0 Å². The average Bonchev–Trinajstić information content (AvgIpc) is 3.32. The number of furan rings is 1. The van der Waals surface area contributed by atoms with Crippen molar-refractivity contribution in [3.05, 3.63) is 93.6 Å². The van der Waals surface area contributed by atoms with Gasteiger partial charge in [0.05, 0.1) is 11.8 Å². The number of nitrogens with zero attached hydrogens (tertiary/aromatic N) is 1. The summed E-state index contributed by atoms with van der Waals surface area (Å²) in [6.45, 7) is 1.85. The molecule has 0 spiro atoms. The molecule has 1 aliphatic heterocycles. The molecule has 1 N–H and O–H groups in total. The summed E-state index contributed by atoms with van der Waals surface area (Å²) in [4.78, 5) is 27.0. The fourth-order valence-electron chi connectivity index (χ4n) is 3.36. The molecule has 1 saturated heterocycles. The number of Topliss-reactive ketones (excluding diaryl/α,β-unsaturated/α-hetero) is 1. The van der Waals surface area contributed by atoms with E-state index in [0.29, 0.717) is 17.0 Å². The number of ketones is 1. The van der Waals surface area contributed by atoms with E-state index in [1.165, 1.54) is 35.4 Å². The highest BCUT2D eigenvalue weighted by Crippen LogP contribution is 2.42. The number of rotatable bonds is 3. The molecule has 0 bridgehead atoms. The Morgan fingerprint density at radius 1 is 1.14 bits per heavy atom. The molecule has 5 nitrogen and oxygen atoms in total. The van der Waals surface area contributed by atoms with Crippen LogP contribution in [0.5, 0.6) is 0 Å². The summed E-state index contributed by atoms with van der Waals surface area (Å²) >= 11 is 3.40. The standard InChI is InChI=1S/C22H15BrFNO4/c1-12-11-13(4-9-16(12)23)20(26)18-19(17-3-2-10-29-17)25(22(28)21(18)27)15-7-5-14(24)6-8-15/h2-11,19,26H,1H3/b20-18-. The first-order valence-electron chi connectivity index (χ1n) is 8.75. The van der Waals surface area contributed by atoms with Crippen LogP contribution in [0.4, 0.5) is 10.1 Å². The smallest absolute Gasteiger partial charge is 0.300 e. The fraction of sp³-hybridized carbons (Fsp3) is 0.0909. The molecule has 0 saturated carbocycles. The predicted octanol–water partition coefficient (Wildman–Crippen LogP) is 5.12. The van der Waals surface area contributed by atoms with Crippen molar-refractivity contribution < 1.29 is 23.5 Å². The van der Waals surface area contributed by atoms with Crippen molar-refractivity contribution in [2.24, 2.45) is 0 Å². The lowest BCUT2D eigenvalue weighted by atomic mass is 9.98. The minimum Gasteiger partial charge on any atom is -0.507 e. The number of benzene rings is 2. The highest BCUT2D eigenvalue weighted by Gasteiger charge is 2.48. The monoisotopic (exact) mass is 455 g/mol. The summed E-state index contributed by atoms with van der Waals surface area (Å²) in [6.07, 6.45) is 1.42. The third-order valence-electron chi connectivity index (χ3n) is 4.79. The lowest BCUT2D eigenvalue weighted by molar-refractivity contribution is -0.132. The zero-order valence-corrected chi connectivity index (χ0v) is 16.8. The van der Waals surface area contributed by atoms with Gasteiger partial charge in [-0.25, -0.2) is 4.39 Å². The first-order chi connectivity index (χ1) is 13.9. The van der Waals surface area contributed by atoms with Crippen LogP contribution in [0.2, 0.25) is 0 Å². The number of hydrogen-bond donors (Lipinski definition) is 1. The molecule has 0 radical (unpaired) electrons. The van der Waals surface area contributed by atoms with Gasteiger partial charge >= 0.3 is 0 Å². The Bertz CT molecular complexity index is 1140. The number of aliphatic hydroxyl groups excluding tert-OH is 1. The summed E-state index contributed by atoms with van der Waals surface area (Å²) in [5.74, 6) is -2.12. The molecule has 1 amide bonds. The first kappa shape index (κ1) is 19.1. The fourth-order valence-corrected chi connectivity index (χ4v) is 3.61. The molecule has 1 unspecified atom stereocenters. The zero-order valence-electron chi connectivity index (χ0n) is 15.2. The van der Waals surface area contributed by atoms with Crippen LogP contribution in [0.15, 0.2) is 75.3 Å². The van der Waals surface area contributed by atoms with E-state index >= 15 is 0 Å². The van der Waals surface area contributed by atoms with Gasteiger partial charge in [0.15, 0.2) is 0 Å². The largest absolute Gasteiger partial charge is 0.507 e. The topological polar surface area (TPSA) is 70.8 Å². The summed E-state index contributed by atoms with van der Waals surface area (Å²) in [5, 5.41) is 11.0. The molecule has 1 atom stereocenters. The van der Waals surface area contributed by atoms with Crippen molar-refractivity contribution >= 4 is 39.1 Å². The Morgan fingerprint density at radius 2 is 1.86 bits per heavy atom. The minimum atomic E-state index is -0.973. The Balaban J connectivity index is 1.92. The van der Waals surface area contributed by atoms with Gasteiger partial charge < -0.3 is 9.52 Å². The van der Waals surface area contributed by atoms with Crippen LogP contribution < -0.4 is 4.90 Å². The molecule has 4 rings (SSSR count). The van der Waals surface area contributed by atoms with Crippen molar-refractivity contribution in [2.75, 3.05) is 4.90 Å². The molecule has 2 heterocycles. The maximum Gasteiger partial charge on any atom is 0.300 e. The van der Waals surface area contributed by atoms with Crippen LogP contribution in [0.3, 0.4) is 0 Å². The van der Waals surface area contributed by atoms with Crippen molar-refractivity contribution in [2.45, 2.75) is 13.0 Å². The number of aryl methyl sites for hydroxylation is 1. The SMILES string of the molecule is Cc1cc(/C(O)=C2/C(=O)C(=O)N(c3ccc(F)cc3)C2c2ccco2)ccc1Br. The van der Waals surface area contributed by atoms with Crippen LogP contribution in [-0.2, 0) is 9.59 Å². The van der Waals surface area contributed by atoms with E-state index in [2.05, 4.69) is 15.9 Å². The predicted molar refractivity (Wildman–Crippen MR) is 109 cm³/mol. The van der Waals surface area contributed by atoms with E-state index in [1.54, 1.807) is 30.3 Å². The molecule has 1 fully saturated rings. The number of carbonyl (C=O) groups is 2. The van der Waals surface area contributed by atoms with Gasteiger partial charge in [0.25, 0.3) is 11.7 Å². The molecule has 0 aliphatic carbocycles. The summed E-state index contributed by atoms with van der Waals surface area (Å²) in [7, 11) is 0. The van der Waals surface area contributed by atoms with E-state index in [-0.39, 0.29) is 11.3 Å². The van der Waals surface area contributed by atoms with E-state index in [0.717, 1.165) is 10.0 Å². The maximum atomic E-state index is 13.4. The third kappa shape index (κ3) is 3.27. The number of amides is 1. The molecule has 1 aromatic heterocycles. The molecule has 1 aliphatic rings. The van der Waals surface area contributed by atoms with Crippen LogP contribution >= 0.6 is 15.9 Å². The molecule has 2 aromatic carbocycles. The van der Waals surface area contributed by atoms with Gasteiger partial charge in [0, 0.05) is 15.7 Å². The Kier molecular flexibility index (Phi) is 4.84. The number of anilines is 1. The normalized spacial score (nSPS) is 18.4. The average molecular weight is 456 g/mol. The molecule has 29 heavy (non-hydrogen) atoms. The lowest BCUT2D eigenvalue weighted by Crippen LogP contribution is -2.29. The number of carbonyl (C=O) groups excluding carboxylic acids is 2. The van der Waals surface area contributed by atoms with E-state index in [4.69, 9.17) is 4.42 Å². The number of hydrogen-bond acceptors (Lipinski definition) is 4. The van der Waals surface area contributed by atoms with Gasteiger partial charge in [0.1, 0.15) is 23.4 Å². The maximum absolute atomic E-state index is 13.4. The molecule has 7 heteroatoms. The van der Waals surface area contributed by atoms with Gasteiger partial charge in [-0.1, -0.05) is 22.0 Å². The summed E-state index contributed by atoms with van der Waals surface area (Å²) in [6, 6.07) is 12.6. The van der Waals surface area contributed by atoms with Crippen LogP contribution in [0.25, 0.3) is 5.76 Å². The quantitative estimate of drug-likeness (QED) is 0.338. The third-order valence-corrected chi connectivity index (χ3v) is 5.68. The van der Waals surface area contributed by atoms with Gasteiger partial charge in [-0.15, -0.1) is 0 Å². The van der Waals surface area contributed by atoms with Gasteiger partial charge in [-0.3, -0.25) is 14.5 Å². The highest BCUT2D eigenvalue weighted by atomic mass is 79.9. The zero-order chi connectivity index (χ0) is 20.7. The summed E-state index contributed by atoms with van der Waals surface area (Å²) in [5.41, 5.74) is 1.49. The van der Waals surface area contributed by atoms with Gasteiger partial charge in [-0.05, 0) is 61.0 Å². The second-order valence-electron chi connectivity index (χ2n) is 6.62. The molecular weight excluding hydrogens is 441 g/mol. The lowest BCUT2D eigenvalue weighted by Gasteiger charge is -2.23. The van der Waals surface area contributed by atoms with E-state index in [1.807, 2.05) is 6.92 Å². The van der Waals surface area contributed by atoms with E-state index < -0.39 is 23.5 Å². The summed E-state index contributed by atoms with van der Waals surface area (Å²) < 4.78 is 19.7. The van der Waals surface area contributed by atoms with Crippen molar-refractivity contribution in [1.82, 2.24) is 0 Å². The first-order valence-corrected chi connectivity index (χ1v) is 9.54. The van der Waals surface area contributed by atoms with Crippen LogP contribution in [0.1, 0.15) is 22.9 Å². The van der Waals surface area contributed by atoms with Crippen LogP contribution in [0, 0.1) is 12.7 Å².